The highest BCUT2D eigenvalue weighted by atomic mass is 79.9. The van der Waals surface area contributed by atoms with Crippen molar-refractivity contribution >= 4 is 15.9 Å². The second kappa shape index (κ2) is 3.85. The van der Waals surface area contributed by atoms with Crippen LogP contribution in [-0.4, -0.2) is 15.2 Å². The van der Waals surface area contributed by atoms with Crippen molar-refractivity contribution in [2.75, 3.05) is 0 Å². The van der Waals surface area contributed by atoms with Gasteiger partial charge in [0, 0.05) is 16.9 Å². The number of nitrogens with two attached hydrogens (primary N) is 1. The topological polar surface area (TPSA) is 77.8 Å². The zero-order valence-corrected chi connectivity index (χ0v) is 8.73. The molecule has 2 aromatic heterocycles. The van der Waals surface area contributed by atoms with Crippen molar-refractivity contribution in [1.29, 1.82) is 0 Å². The fraction of sp³-hybridized carbons (Fsp3) is 0.125. The van der Waals surface area contributed by atoms with Crippen molar-refractivity contribution in [3.63, 3.8) is 0 Å². The molecule has 0 aliphatic carbocycles. The van der Waals surface area contributed by atoms with E-state index >= 15 is 0 Å². The molecule has 5 nitrogen and oxygen atoms in total. The Hall–Kier alpha value is -1.27. The number of pyridine rings is 1. The van der Waals surface area contributed by atoms with Gasteiger partial charge in [-0.25, -0.2) is 0 Å². The molecule has 0 unspecified atom stereocenters. The van der Waals surface area contributed by atoms with Gasteiger partial charge in [0.2, 0.25) is 11.8 Å². The molecule has 2 rings (SSSR count). The van der Waals surface area contributed by atoms with Gasteiger partial charge in [0.25, 0.3) is 0 Å². The van der Waals surface area contributed by atoms with Crippen molar-refractivity contribution in [2.45, 2.75) is 6.54 Å². The number of hydrogen-bond donors (Lipinski definition) is 1. The molecule has 0 aliphatic rings. The molecule has 0 atom stereocenters. The number of rotatable bonds is 2. The molecule has 72 valence electrons. The van der Waals surface area contributed by atoms with E-state index in [1.807, 2.05) is 0 Å². The van der Waals surface area contributed by atoms with Gasteiger partial charge in [-0.1, -0.05) is 0 Å². The van der Waals surface area contributed by atoms with Crippen LogP contribution in [0.2, 0.25) is 0 Å². The van der Waals surface area contributed by atoms with Gasteiger partial charge in [0.15, 0.2) is 0 Å². The Balaban J connectivity index is 2.44. The summed E-state index contributed by atoms with van der Waals surface area (Å²) >= 11 is 3.34. The number of hydrogen-bond acceptors (Lipinski definition) is 5. The van der Waals surface area contributed by atoms with E-state index in [4.69, 9.17) is 10.2 Å². The van der Waals surface area contributed by atoms with Crippen LogP contribution in [0.25, 0.3) is 11.5 Å². The summed E-state index contributed by atoms with van der Waals surface area (Å²) in [4.78, 5) is 3.94. The van der Waals surface area contributed by atoms with Crippen LogP contribution in [0, 0.1) is 0 Å². The summed E-state index contributed by atoms with van der Waals surface area (Å²) in [7, 11) is 0. The molecule has 2 aromatic rings. The summed E-state index contributed by atoms with van der Waals surface area (Å²) in [5.41, 5.74) is 6.17. The minimum Gasteiger partial charge on any atom is -0.419 e. The first-order chi connectivity index (χ1) is 6.81. The molecule has 14 heavy (non-hydrogen) atoms. The van der Waals surface area contributed by atoms with E-state index in [0.29, 0.717) is 11.8 Å². The summed E-state index contributed by atoms with van der Waals surface area (Å²) in [6.45, 7) is 0.246. The minimum atomic E-state index is 0.246. The Kier molecular flexibility index (Phi) is 2.55. The van der Waals surface area contributed by atoms with E-state index in [-0.39, 0.29) is 6.54 Å². The zero-order chi connectivity index (χ0) is 9.97. The van der Waals surface area contributed by atoms with E-state index in [1.54, 1.807) is 18.5 Å². The van der Waals surface area contributed by atoms with Crippen molar-refractivity contribution < 1.29 is 4.42 Å². The SMILES string of the molecule is NCc1nnc(-c2ccncc2Br)o1. The van der Waals surface area contributed by atoms with Crippen LogP contribution < -0.4 is 5.73 Å². The number of halogens is 1. The van der Waals surface area contributed by atoms with Crippen LogP contribution in [-0.2, 0) is 6.54 Å². The maximum atomic E-state index is 5.36. The van der Waals surface area contributed by atoms with Gasteiger partial charge in [0.05, 0.1) is 12.1 Å². The van der Waals surface area contributed by atoms with E-state index in [9.17, 15) is 0 Å². The number of aromatic nitrogens is 3. The third kappa shape index (κ3) is 1.66. The van der Waals surface area contributed by atoms with Crippen LogP contribution in [0.15, 0.2) is 27.3 Å². The normalized spacial score (nSPS) is 10.4. The molecule has 0 radical (unpaired) electrons. The molecule has 0 saturated carbocycles. The van der Waals surface area contributed by atoms with Gasteiger partial charge < -0.3 is 10.2 Å². The number of nitrogens with zero attached hydrogens (tertiary/aromatic N) is 3. The lowest BCUT2D eigenvalue weighted by molar-refractivity contribution is 0.508. The van der Waals surface area contributed by atoms with E-state index in [0.717, 1.165) is 10.0 Å². The van der Waals surface area contributed by atoms with Crippen molar-refractivity contribution in [2.24, 2.45) is 5.73 Å². The maximum Gasteiger partial charge on any atom is 0.249 e. The molecule has 0 spiro atoms. The Labute approximate surface area is 88.5 Å². The lowest BCUT2D eigenvalue weighted by Gasteiger charge is -1.95. The Morgan fingerprint density at radius 3 is 2.93 bits per heavy atom. The first-order valence-electron chi connectivity index (χ1n) is 3.93. The molecular weight excluding hydrogens is 248 g/mol. The first-order valence-corrected chi connectivity index (χ1v) is 4.73. The summed E-state index contributed by atoms with van der Waals surface area (Å²) < 4.78 is 6.11. The molecule has 2 N–H and O–H groups in total. The standard InChI is InChI=1S/C8H7BrN4O/c9-6-4-11-2-1-5(6)8-13-12-7(3-10)14-8/h1-2,4H,3,10H2. The third-order valence-corrected chi connectivity index (χ3v) is 2.28. The fourth-order valence-corrected chi connectivity index (χ4v) is 1.41. The van der Waals surface area contributed by atoms with Crippen molar-refractivity contribution in [3.8, 4) is 11.5 Å². The van der Waals surface area contributed by atoms with Gasteiger partial charge in [-0.15, -0.1) is 10.2 Å². The second-order valence-electron chi connectivity index (χ2n) is 2.56. The lowest BCUT2D eigenvalue weighted by atomic mass is 10.3. The molecule has 0 aromatic carbocycles. The van der Waals surface area contributed by atoms with Crippen molar-refractivity contribution in [3.05, 3.63) is 28.8 Å². The van der Waals surface area contributed by atoms with Crippen LogP contribution in [0.5, 0.6) is 0 Å². The third-order valence-electron chi connectivity index (χ3n) is 1.64. The highest BCUT2D eigenvalue weighted by molar-refractivity contribution is 9.10. The Morgan fingerprint density at radius 1 is 1.43 bits per heavy atom. The Bertz CT molecular complexity index is 442. The van der Waals surface area contributed by atoms with Gasteiger partial charge in [-0.2, -0.15) is 0 Å². The fourth-order valence-electron chi connectivity index (χ4n) is 0.994. The summed E-state index contributed by atoms with van der Waals surface area (Å²) in [5.74, 6) is 0.864. The lowest BCUT2D eigenvalue weighted by Crippen LogP contribution is -1.95. The predicted octanol–water partition coefficient (Wildman–Crippen LogP) is 1.35. The average molecular weight is 255 g/mol. The smallest absolute Gasteiger partial charge is 0.249 e. The molecule has 2 heterocycles. The molecule has 6 heteroatoms. The largest absolute Gasteiger partial charge is 0.419 e. The minimum absolute atomic E-state index is 0.246. The van der Waals surface area contributed by atoms with E-state index < -0.39 is 0 Å². The van der Waals surface area contributed by atoms with Crippen LogP contribution >= 0.6 is 15.9 Å². The average Bonchev–Trinajstić information content (AvgIpc) is 2.67. The van der Waals surface area contributed by atoms with Crippen LogP contribution in [0.1, 0.15) is 5.89 Å². The van der Waals surface area contributed by atoms with Gasteiger partial charge >= 0.3 is 0 Å². The second-order valence-corrected chi connectivity index (χ2v) is 3.41. The van der Waals surface area contributed by atoms with Crippen molar-refractivity contribution in [1.82, 2.24) is 15.2 Å². The first kappa shape index (κ1) is 9.29. The van der Waals surface area contributed by atoms with E-state index in [1.165, 1.54) is 0 Å². The Morgan fingerprint density at radius 2 is 2.29 bits per heavy atom. The molecule has 0 aliphatic heterocycles. The molecular formula is C8H7BrN4O. The van der Waals surface area contributed by atoms with Crippen LogP contribution in [0.3, 0.4) is 0 Å². The quantitative estimate of drug-likeness (QED) is 0.876. The predicted molar refractivity (Wildman–Crippen MR) is 53.1 cm³/mol. The monoisotopic (exact) mass is 254 g/mol. The molecule has 0 saturated heterocycles. The zero-order valence-electron chi connectivity index (χ0n) is 7.14. The molecule has 0 amide bonds. The van der Waals surface area contributed by atoms with Gasteiger partial charge in [-0.3, -0.25) is 4.98 Å². The summed E-state index contributed by atoms with van der Waals surface area (Å²) in [6.07, 6.45) is 3.33. The van der Waals surface area contributed by atoms with Gasteiger partial charge in [-0.05, 0) is 22.0 Å². The summed E-state index contributed by atoms with van der Waals surface area (Å²) in [5, 5.41) is 7.63. The summed E-state index contributed by atoms with van der Waals surface area (Å²) in [6, 6.07) is 1.79. The molecule has 0 bridgehead atoms. The maximum absolute atomic E-state index is 5.36. The highest BCUT2D eigenvalue weighted by Gasteiger charge is 2.09. The molecule has 0 fully saturated rings. The van der Waals surface area contributed by atoms with E-state index in [2.05, 4.69) is 31.1 Å². The van der Waals surface area contributed by atoms with Crippen LogP contribution in [0.4, 0.5) is 0 Å². The van der Waals surface area contributed by atoms with Gasteiger partial charge in [0.1, 0.15) is 0 Å². The highest BCUT2D eigenvalue weighted by Crippen LogP contribution is 2.25.